The molecular weight excluding hydrogens is 274 g/mol. The molecule has 0 radical (unpaired) electrons. The maximum atomic E-state index is 12.6. The van der Waals surface area contributed by atoms with Gasteiger partial charge in [0.1, 0.15) is 5.75 Å². The number of hydrogen-bond acceptors (Lipinski definition) is 3. The smallest absolute Gasteiger partial charge is 0.387 e. The average Bonchev–Trinajstić information content (AvgIpc) is 2.40. The zero-order valence-electron chi connectivity index (χ0n) is 12.6. The first-order valence-corrected chi connectivity index (χ1v) is 7.49. The third-order valence-electron chi connectivity index (χ3n) is 4.06. The third-order valence-corrected chi connectivity index (χ3v) is 4.06. The SMILES string of the molecule is CC1CC(C)CN(C(CN)c2ccccc2OC(F)F)C1. The number of nitrogens with two attached hydrogens (primary N) is 1. The number of benzene rings is 1. The third kappa shape index (κ3) is 4.14. The van der Waals surface area contributed by atoms with Gasteiger partial charge >= 0.3 is 6.61 Å². The molecule has 2 N–H and O–H groups in total. The van der Waals surface area contributed by atoms with Gasteiger partial charge in [0.05, 0.1) is 6.04 Å². The van der Waals surface area contributed by atoms with Crippen molar-refractivity contribution in [1.82, 2.24) is 4.90 Å². The lowest BCUT2D eigenvalue weighted by Crippen LogP contribution is -2.43. The van der Waals surface area contributed by atoms with Crippen molar-refractivity contribution in [3.05, 3.63) is 29.8 Å². The van der Waals surface area contributed by atoms with E-state index in [1.54, 1.807) is 12.1 Å². The van der Waals surface area contributed by atoms with Crippen molar-refractivity contribution >= 4 is 0 Å². The molecule has 0 aliphatic carbocycles. The Hall–Kier alpha value is -1.20. The molecule has 1 aliphatic rings. The molecule has 0 bridgehead atoms. The molecule has 1 aromatic carbocycles. The molecule has 1 aliphatic heterocycles. The Kier molecular flexibility index (Phi) is 5.53. The lowest BCUT2D eigenvalue weighted by Gasteiger charge is -2.40. The first-order valence-electron chi connectivity index (χ1n) is 7.49. The molecule has 5 heteroatoms. The van der Waals surface area contributed by atoms with Crippen molar-refractivity contribution in [1.29, 1.82) is 0 Å². The van der Waals surface area contributed by atoms with E-state index in [9.17, 15) is 8.78 Å². The highest BCUT2D eigenvalue weighted by Gasteiger charge is 2.29. The van der Waals surface area contributed by atoms with E-state index < -0.39 is 6.61 Å². The Morgan fingerprint density at radius 2 is 1.86 bits per heavy atom. The Morgan fingerprint density at radius 1 is 1.24 bits per heavy atom. The number of alkyl halides is 2. The maximum absolute atomic E-state index is 12.6. The monoisotopic (exact) mass is 298 g/mol. The molecule has 0 aromatic heterocycles. The van der Waals surface area contributed by atoms with Gasteiger partial charge in [0.25, 0.3) is 0 Å². The van der Waals surface area contributed by atoms with Crippen molar-refractivity contribution in [2.45, 2.75) is 32.9 Å². The van der Waals surface area contributed by atoms with Crippen LogP contribution in [0.5, 0.6) is 5.75 Å². The second-order valence-electron chi connectivity index (χ2n) is 6.07. The van der Waals surface area contributed by atoms with Crippen LogP contribution in [0.4, 0.5) is 8.78 Å². The van der Waals surface area contributed by atoms with Gasteiger partial charge in [-0.15, -0.1) is 0 Å². The fourth-order valence-electron chi connectivity index (χ4n) is 3.40. The van der Waals surface area contributed by atoms with Crippen LogP contribution >= 0.6 is 0 Å². The summed E-state index contributed by atoms with van der Waals surface area (Å²) in [6.45, 7) is 3.90. The van der Waals surface area contributed by atoms with E-state index in [1.807, 2.05) is 12.1 Å². The zero-order chi connectivity index (χ0) is 15.4. The Bertz CT molecular complexity index is 446. The van der Waals surface area contributed by atoms with Gasteiger partial charge in [0.2, 0.25) is 0 Å². The van der Waals surface area contributed by atoms with Crippen molar-refractivity contribution in [2.75, 3.05) is 19.6 Å². The fourth-order valence-corrected chi connectivity index (χ4v) is 3.40. The first-order chi connectivity index (χ1) is 10.0. The van der Waals surface area contributed by atoms with Gasteiger partial charge in [-0.25, -0.2) is 0 Å². The van der Waals surface area contributed by atoms with Gasteiger partial charge in [0.15, 0.2) is 0 Å². The van der Waals surface area contributed by atoms with Crippen LogP contribution in [-0.4, -0.2) is 31.1 Å². The number of likely N-dealkylation sites (tertiary alicyclic amines) is 1. The summed E-state index contributed by atoms with van der Waals surface area (Å²) in [6.07, 6.45) is 1.20. The van der Waals surface area contributed by atoms with Crippen LogP contribution in [0.2, 0.25) is 0 Å². The normalized spacial score (nSPS) is 25.0. The highest BCUT2D eigenvalue weighted by molar-refractivity contribution is 5.36. The number of nitrogens with zero attached hydrogens (tertiary/aromatic N) is 1. The molecule has 0 saturated carbocycles. The molecule has 2 rings (SSSR count). The number of ether oxygens (including phenoxy) is 1. The standard InChI is InChI=1S/C16H24F2N2O/c1-11-7-12(2)10-20(9-11)14(8-19)13-5-3-4-6-15(13)21-16(17)18/h3-6,11-12,14,16H,7-10,19H2,1-2H3. The fraction of sp³-hybridized carbons (Fsp3) is 0.625. The van der Waals surface area contributed by atoms with Crippen LogP contribution < -0.4 is 10.5 Å². The largest absolute Gasteiger partial charge is 0.434 e. The lowest BCUT2D eigenvalue weighted by atomic mass is 9.89. The lowest BCUT2D eigenvalue weighted by molar-refractivity contribution is -0.0514. The zero-order valence-corrected chi connectivity index (χ0v) is 12.6. The summed E-state index contributed by atoms with van der Waals surface area (Å²) in [5, 5.41) is 0. The molecule has 1 heterocycles. The summed E-state index contributed by atoms with van der Waals surface area (Å²) in [7, 11) is 0. The summed E-state index contributed by atoms with van der Waals surface area (Å²) in [5.41, 5.74) is 6.69. The van der Waals surface area contributed by atoms with E-state index >= 15 is 0 Å². The molecule has 1 saturated heterocycles. The van der Waals surface area contributed by atoms with Gasteiger partial charge in [-0.3, -0.25) is 4.90 Å². The van der Waals surface area contributed by atoms with Gasteiger partial charge in [-0.2, -0.15) is 8.78 Å². The Balaban J connectivity index is 2.24. The van der Waals surface area contributed by atoms with Crippen LogP contribution in [0.3, 0.4) is 0 Å². The second-order valence-corrected chi connectivity index (χ2v) is 6.07. The number of halogens is 2. The van der Waals surface area contributed by atoms with Gasteiger partial charge in [0, 0.05) is 25.2 Å². The second kappa shape index (κ2) is 7.18. The Labute approximate surface area is 125 Å². The number of hydrogen-bond donors (Lipinski definition) is 1. The number of rotatable bonds is 5. The Morgan fingerprint density at radius 3 is 2.43 bits per heavy atom. The minimum Gasteiger partial charge on any atom is -0.434 e. The molecular formula is C16H24F2N2O. The highest BCUT2D eigenvalue weighted by atomic mass is 19.3. The van der Waals surface area contributed by atoms with E-state index in [2.05, 4.69) is 23.5 Å². The molecule has 3 atom stereocenters. The quantitative estimate of drug-likeness (QED) is 0.906. The summed E-state index contributed by atoms with van der Waals surface area (Å²) < 4.78 is 29.8. The van der Waals surface area contributed by atoms with E-state index in [-0.39, 0.29) is 11.8 Å². The summed E-state index contributed by atoms with van der Waals surface area (Å²) in [5.74, 6) is 1.41. The number of para-hydroxylation sites is 1. The maximum Gasteiger partial charge on any atom is 0.387 e. The number of piperidine rings is 1. The van der Waals surface area contributed by atoms with Gasteiger partial charge in [-0.05, 0) is 24.3 Å². The minimum atomic E-state index is -2.82. The molecule has 118 valence electrons. The predicted molar refractivity (Wildman–Crippen MR) is 79.4 cm³/mol. The van der Waals surface area contributed by atoms with E-state index in [0.717, 1.165) is 18.7 Å². The van der Waals surface area contributed by atoms with Crippen molar-refractivity contribution in [2.24, 2.45) is 17.6 Å². The molecule has 0 amide bonds. The van der Waals surface area contributed by atoms with Crippen LogP contribution in [0, 0.1) is 11.8 Å². The van der Waals surface area contributed by atoms with Crippen LogP contribution in [-0.2, 0) is 0 Å². The van der Waals surface area contributed by atoms with Crippen molar-refractivity contribution < 1.29 is 13.5 Å². The van der Waals surface area contributed by atoms with Crippen molar-refractivity contribution in [3.63, 3.8) is 0 Å². The van der Waals surface area contributed by atoms with E-state index in [0.29, 0.717) is 18.4 Å². The summed E-state index contributed by atoms with van der Waals surface area (Å²) in [4.78, 5) is 2.30. The molecule has 0 spiro atoms. The van der Waals surface area contributed by atoms with Gasteiger partial charge in [-0.1, -0.05) is 32.0 Å². The van der Waals surface area contributed by atoms with E-state index in [1.165, 1.54) is 6.42 Å². The molecule has 3 nitrogen and oxygen atoms in total. The summed E-state index contributed by atoms with van der Waals surface area (Å²) >= 11 is 0. The van der Waals surface area contributed by atoms with E-state index in [4.69, 9.17) is 5.73 Å². The highest BCUT2D eigenvalue weighted by Crippen LogP contribution is 2.33. The topological polar surface area (TPSA) is 38.5 Å². The predicted octanol–water partition coefficient (Wildman–Crippen LogP) is 3.27. The minimum absolute atomic E-state index is 0.0786. The van der Waals surface area contributed by atoms with Crippen LogP contribution in [0.1, 0.15) is 31.9 Å². The van der Waals surface area contributed by atoms with Crippen LogP contribution in [0.25, 0.3) is 0 Å². The van der Waals surface area contributed by atoms with Crippen LogP contribution in [0.15, 0.2) is 24.3 Å². The average molecular weight is 298 g/mol. The molecule has 21 heavy (non-hydrogen) atoms. The summed E-state index contributed by atoms with van der Waals surface area (Å²) in [6, 6.07) is 6.88. The van der Waals surface area contributed by atoms with Gasteiger partial charge < -0.3 is 10.5 Å². The van der Waals surface area contributed by atoms with Crippen molar-refractivity contribution in [3.8, 4) is 5.75 Å². The molecule has 1 fully saturated rings. The molecule has 3 unspecified atom stereocenters. The molecule has 1 aromatic rings. The first kappa shape index (κ1) is 16.2.